The summed E-state index contributed by atoms with van der Waals surface area (Å²) in [5.74, 6) is 0. The predicted molar refractivity (Wildman–Crippen MR) is 60.0 cm³/mol. The molecular formula is C10H15BrN2. The molecule has 0 radical (unpaired) electrons. The Morgan fingerprint density at radius 1 is 1.46 bits per heavy atom. The van der Waals surface area contributed by atoms with Gasteiger partial charge in [0.15, 0.2) is 0 Å². The van der Waals surface area contributed by atoms with E-state index in [2.05, 4.69) is 33.2 Å². The van der Waals surface area contributed by atoms with E-state index in [0.29, 0.717) is 0 Å². The van der Waals surface area contributed by atoms with Gasteiger partial charge >= 0.3 is 0 Å². The summed E-state index contributed by atoms with van der Waals surface area (Å²) in [5, 5.41) is 3.35. The van der Waals surface area contributed by atoms with Crippen molar-refractivity contribution in [1.82, 2.24) is 4.98 Å². The van der Waals surface area contributed by atoms with Gasteiger partial charge in [0, 0.05) is 18.4 Å². The number of nitrogens with one attached hydrogen (secondary N) is 1. The van der Waals surface area contributed by atoms with Gasteiger partial charge in [0.2, 0.25) is 0 Å². The van der Waals surface area contributed by atoms with Crippen LogP contribution in [0.15, 0.2) is 22.9 Å². The fourth-order valence-corrected chi connectivity index (χ4v) is 1.48. The Balaban J connectivity index is 2.28. The van der Waals surface area contributed by atoms with Crippen LogP contribution in [0.2, 0.25) is 0 Å². The van der Waals surface area contributed by atoms with Gasteiger partial charge in [-0.1, -0.05) is 19.8 Å². The van der Waals surface area contributed by atoms with E-state index in [4.69, 9.17) is 0 Å². The first-order valence-corrected chi connectivity index (χ1v) is 5.47. The number of pyridine rings is 1. The van der Waals surface area contributed by atoms with Crippen LogP contribution < -0.4 is 5.32 Å². The lowest BCUT2D eigenvalue weighted by atomic mass is 10.2. The maximum Gasteiger partial charge on any atom is 0.108 e. The largest absolute Gasteiger partial charge is 0.385 e. The molecule has 13 heavy (non-hydrogen) atoms. The van der Waals surface area contributed by atoms with Crippen molar-refractivity contribution in [3.63, 3.8) is 0 Å². The molecule has 0 unspecified atom stereocenters. The van der Waals surface area contributed by atoms with Crippen molar-refractivity contribution in [2.75, 3.05) is 11.9 Å². The molecule has 2 nitrogen and oxygen atoms in total. The lowest BCUT2D eigenvalue weighted by Crippen LogP contribution is -2.01. The molecule has 3 heteroatoms. The Hall–Kier alpha value is -0.570. The maximum atomic E-state index is 4.06. The van der Waals surface area contributed by atoms with Crippen LogP contribution in [0.4, 0.5) is 5.69 Å². The lowest BCUT2D eigenvalue weighted by Gasteiger charge is -2.05. The van der Waals surface area contributed by atoms with Crippen LogP contribution in [0.1, 0.15) is 26.2 Å². The van der Waals surface area contributed by atoms with E-state index >= 15 is 0 Å². The Labute approximate surface area is 87.9 Å². The number of hydrogen-bond acceptors (Lipinski definition) is 2. The van der Waals surface area contributed by atoms with Crippen molar-refractivity contribution >= 4 is 21.6 Å². The van der Waals surface area contributed by atoms with E-state index in [-0.39, 0.29) is 0 Å². The van der Waals surface area contributed by atoms with Crippen molar-refractivity contribution in [3.8, 4) is 0 Å². The Morgan fingerprint density at radius 2 is 2.31 bits per heavy atom. The molecule has 0 aliphatic heterocycles. The van der Waals surface area contributed by atoms with Gasteiger partial charge < -0.3 is 5.32 Å². The molecule has 1 N–H and O–H groups in total. The van der Waals surface area contributed by atoms with Crippen molar-refractivity contribution in [2.24, 2.45) is 0 Å². The molecule has 1 aromatic rings. The molecule has 1 aromatic heterocycles. The van der Waals surface area contributed by atoms with Crippen LogP contribution in [0.5, 0.6) is 0 Å². The summed E-state index contributed by atoms with van der Waals surface area (Å²) in [6, 6.07) is 3.97. The minimum absolute atomic E-state index is 0.882. The highest BCUT2D eigenvalue weighted by Gasteiger charge is 1.92. The van der Waals surface area contributed by atoms with E-state index < -0.39 is 0 Å². The molecule has 0 aliphatic rings. The van der Waals surface area contributed by atoms with E-state index in [9.17, 15) is 0 Å². The fourth-order valence-electron chi connectivity index (χ4n) is 1.12. The average Bonchev–Trinajstić information content (AvgIpc) is 2.13. The van der Waals surface area contributed by atoms with Gasteiger partial charge in [0.25, 0.3) is 0 Å². The second kappa shape index (κ2) is 5.97. The first-order chi connectivity index (χ1) is 6.33. The number of halogens is 1. The first kappa shape index (κ1) is 10.5. The summed E-state index contributed by atoms with van der Waals surface area (Å²) in [7, 11) is 0. The highest BCUT2D eigenvalue weighted by atomic mass is 79.9. The summed E-state index contributed by atoms with van der Waals surface area (Å²) < 4.78 is 0.882. The molecule has 0 saturated carbocycles. The summed E-state index contributed by atoms with van der Waals surface area (Å²) in [6.07, 6.45) is 5.59. The number of unbranched alkanes of at least 4 members (excludes halogenated alkanes) is 2. The standard InChI is InChI=1S/C10H15BrN2/c1-2-3-4-6-12-9-5-7-13-10(11)8-9/h5,7-8H,2-4,6H2,1H3,(H,12,13). The van der Waals surface area contributed by atoms with Crippen LogP contribution in [0.3, 0.4) is 0 Å². The Bertz CT molecular complexity index is 250. The molecule has 0 saturated heterocycles. The second-order valence-corrected chi connectivity index (χ2v) is 3.81. The smallest absolute Gasteiger partial charge is 0.108 e. The van der Waals surface area contributed by atoms with Gasteiger partial charge in [0.05, 0.1) is 0 Å². The molecule has 0 fully saturated rings. The summed E-state index contributed by atoms with van der Waals surface area (Å²) in [4.78, 5) is 4.06. The number of aromatic nitrogens is 1. The minimum atomic E-state index is 0.882. The van der Waals surface area contributed by atoms with E-state index in [1.54, 1.807) is 6.20 Å². The Morgan fingerprint density at radius 3 is 3.00 bits per heavy atom. The van der Waals surface area contributed by atoms with Gasteiger partial charge in [-0.15, -0.1) is 0 Å². The third kappa shape index (κ3) is 4.27. The fraction of sp³-hybridized carbons (Fsp3) is 0.500. The number of hydrogen-bond donors (Lipinski definition) is 1. The van der Waals surface area contributed by atoms with E-state index in [1.807, 2.05) is 12.1 Å². The van der Waals surface area contributed by atoms with Gasteiger partial charge in [-0.05, 0) is 34.5 Å². The number of nitrogens with zero attached hydrogens (tertiary/aromatic N) is 1. The summed E-state index contributed by atoms with van der Waals surface area (Å²) in [5.41, 5.74) is 1.14. The molecule has 0 atom stereocenters. The second-order valence-electron chi connectivity index (χ2n) is 3.00. The monoisotopic (exact) mass is 242 g/mol. The average molecular weight is 243 g/mol. The first-order valence-electron chi connectivity index (χ1n) is 4.68. The SMILES string of the molecule is CCCCCNc1ccnc(Br)c1. The van der Waals surface area contributed by atoms with E-state index in [1.165, 1.54) is 19.3 Å². The molecule has 0 aromatic carbocycles. The topological polar surface area (TPSA) is 24.9 Å². The molecule has 0 bridgehead atoms. The van der Waals surface area contributed by atoms with Crippen LogP contribution in [0, 0.1) is 0 Å². The van der Waals surface area contributed by atoms with Gasteiger partial charge in [-0.3, -0.25) is 0 Å². The van der Waals surface area contributed by atoms with Gasteiger partial charge in [-0.2, -0.15) is 0 Å². The van der Waals surface area contributed by atoms with Gasteiger partial charge in [-0.25, -0.2) is 4.98 Å². The minimum Gasteiger partial charge on any atom is -0.385 e. The summed E-state index contributed by atoms with van der Waals surface area (Å²) >= 11 is 3.33. The van der Waals surface area contributed by atoms with Crippen LogP contribution in [0.25, 0.3) is 0 Å². The Kier molecular flexibility index (Phi) is 4.83. The molecule has 0 aliphatic carbocycles. The normalized spacial score (nSPS) is 10.0. The summed E-state index contributed by atoms with van der Waals surface area (Å²) in [6.45, 7) is 3.26. The van der Waals surface area contributed by atoms with Crippen LogP contribution in [-0.4, -0.2) is 11.5 Å². The zero-order valence-corrected chi connectivity index (χ0v) is 9.47. The van der Waals surface area contributed by atoms with Crippen molar-refractivity contribution < 1.29 is 0 Å². The molecule has 0 spiro atoms. The molecule has 0 amide bonds. The predicted octanol–water partition coefficient (Wildman–Crippen LogP) is 3.45. The maximum absolute atomic E-state index is 4.06. The highest BCUT2D eigenvalue weighted by Crippen LogP contribution is 2.12. The molecule has 1 rings (SSSR count). The van der Waals surface area contributed by atoms with Crippen molar-refractivity contribution in [2.45, 2.75) is 26.2 Å². The van der Waals surface area contributed by atoms with Crippen molar-refractivity contribution in [3.05, 3.63) is 22.9 Å². The molecule has 72 valence electrons. The third-order valence-corrected chi connectivity index (χ3v) is 2.27. The number of anilines is 1. The highest BCUT2D eigenvalue weighted by molar-refractivity contribution is 9.10. The zero-order valence-electron chi connectivity index (χ0n) is 7.89. The zero-order chi connectivity index (χ0) is 9.52. The van der Waals surface area contributed by atoms with E-state index in [0.717, 1.165) is 16.8 Å². The lowest BCUT2D eigenvalue weighted by molar-refractivity contribution is 0.743. The van der Waals surface area contributed by atoms with Gasteiger partial charge in [0.1, 0.15) is 4.60 Å². The van der Waals surface area contributed by atoms with Crippen molar-refractivity contribution in [1.29, 1.82) is 0 Å². The molecule has 1 heterocycles. The van der Waals surface area contributed by atoms with Crippen LogP contribution >= 0.6 is 15.9 Å². The van der Waals surface area contributed by atoms with Crippen LogP contribution in [-0.2, 0) is 0 Å². The molecular weight excluding hydrogens is 228 g/mol. The number of rotatable bonds is 5. The quantitative estimate of drug-likeness (QED) is 0.632. The third-order valence-electron chi connectivity index (χ3n) is 1.84.